The summed E-state index contributed by atoms with van der Waals surface area (Å²) >= 11 is 5.35. The van der Waals surface area contributed by atoms with E-state index in [9.17, 15) is 9.90 Å². The van der Waals surface area contributed by atoms with Crippen LogP contribution in [-0.4, -0.2) is 53.6 Å². The second kappa shape index (κ2) is 17.1. The highest BCUT2D eigenvalue weighted by Crippen LogP contribution is 2.35. The number of aliphatic hydroxyl groups is 1. The molecule has 0 spiro atoms. The summed E-state index contributed by atoms with van der Waals surface area (Å²) in [6.45, 7) is 0.905. The number of amides is 1. The molecule has 0 saturated carbocycles. The fraction of sp³-hybridized carbons (Fsp3) is 0.278. The van der Waals surface area contributed by atoms with Crippen LogP contribution in [0, 0.1) is 0 Å². The Morgan fingerprint density at radius 1 is 0.717 bits per heavy atom. The molecule has 4 aromatic carbocycles. The van der Waals surface area contributed by atoms with Crippen molar-refractivity contribution in [3.05, 3.63) is 144 Å². The van der Waals surface area contributed by atoms with Crippen molar-refractivity contribution in [2.24, 2.45) is 0 Å². The summed E-state index contributed by atoms with van der Waals surface area (Å²) in [4.78, 5) is 11.3. The number of benzene rings is 4. The van der Waals surface area contributed by atoms with Gasteiger partial charge >= 0.3 is 0 Å². The molecule has 0 bridgehead atoms. The van der Waals surface area contributed by atoms with E-state index < -0.39 is 30.3 Å². The molecule has 5 rings (SSSR count). The van der Waals surface area contributed by atoms with Crippen LogP contribution in [0.15, 0.2) is 121 Å². The van der Waals surface area contributed by atoms with Gasteiger partial charge in [0.05, 0.1) is 33.0 Å². The van der Waals surface area contributed by atoms with E-state index in [0.29, 0.717) is 13.0 Å². The van der Waals surface area contributed by atoms with Gasteiger partial charge < -0.3 is 39.4 Å². The molecule has 0 unspecified atom stereocenters. The molecule has 46 heavy (non-hydrogen) atoms. The maximum atomic E-state index is 12.5. The van der Waals surface area contributed by atoms with Gasteiger partial charge in [-0.1, -0.05) is 121 Å². The molecular formula is C36H38N2O7S. The molecule has 4 aromatic rings. The number of hydrogen-bond donors (Lipinski definition) is 3. The lowest BCUT2D eigenvalue weighted by Gasteiger charge is -2.51. The van der Waals surface area contributed by atoms with Crippen LogP contribution in [0.2, 0.25) is 0 Å². The molecule has 10 heteroatoms. The molecule has 1 aliphatic rings. The SMILES string of the molecule is O=CNC(=S)N[C@]1(O)[C@H](OCc2ccccc2)O[C@H](COCc2ccccc2)[C@@H](OCc2ccccc2)[C@@H]1OCc1ccccc1. The fourth-order valence-corrected chi connectivity index (χ4v) is 5.39. The van der Waals surface area contributed by atoms with Crippen LogP contribution in [0.25, 0.3) is 0 Å². The number of thiocarbonyl (C=S) groups is 1. The minimum absolute atomic E-state index is 0.109. The number of rotatable bonds is 15. The van der Waals surface area contributed by atoms with E-state index >= 15 is 0 Å². The van der Waals surface area contributed by atoms with Crippen LogP contribution >= 0.6 is 12.2 Å². The van der Waals surface area contributed by atoms with Crippen LogP contribution in [-0.2, 0) is 54.9 Å². The van der Waals surface area contributed by atoms with Gasteiger partial charge in [-0.2, -0.15) is 0 Å². The topological polar surface area (TPSA) is 108 Å². The van der Waals surface area contributed by atoms with E-state index in [1.54, 1.807) is 0 Å². The minimum Gasteiger partial charge on any atom is -0.374 e. The van der Waals surface area contributed by atoms with Crippen molar-refractivity contribution in [2.45, 2.75) is 56.8 Å². The van der Waals surface area contributed by atoms with Crippen molar-refractivity contribution in [2.75, 3.05) is 6.61 Å². The summed E-state index contributed by atoms with van der Waals surface area (Å²) in [6.07, 6.45) is -3.60. The van der Waals surface area contributed by atoms with Gasteiger partial charge in [0.2, 0.25) is 18.4 Å². The molecule has 1 aliphatic heterocycles. The molecule has 9 nitrogen and oxygen atoms in total. The molecule has 0 aliphatic carbocycles. The lowest BCUT2D eigenvalue weighted by atomic mass is 9.92. The van der Waals surface area contributed by atoms with Crippen LogP contribution < -0.4 is 10.6 Å². The average molecular weight is 643 g/mol. The largest absolute Gasteiger partial charge is 0.374 e. The summed E-state index contributed by atoms with van der Waals surface area (Å²) in [5.41, 5.74) is 1.56. The van der Waals surface area contributed by atoms with Crippen molar-refractivity contribution in [3.63, 3.8) is 0 Å². The Labute approximate surface area is 274 Å². The zero-order valence-electron chi connectivity index (χ0n) is 25.3. The normalized spacial score (nSPS) is 22.5. The first-order valence-electron chi connectivity index (χ1n) is 15.0. The summed E-state index contributed by atoms with van der Waals surface area (Å²) in [5, 5.41) is 17.6. The van der Waals surface area contributed by atoms with Gasteiger partial charge in [-0.25, -0.2) is 0 Å². The maximum absolute atomic E-state index is 12.5. The van der Waals surface area contributed by atoms with E-state index in [0.717, 1.165) is 22.3 Å². The smallest absolute Gasteiger partial charge is 0.219 e. The Balaban J connectivity index is 1.48. The molecule has 1 amide bonds. The van der Waals surface area contributed by atoms with Crippen LogP contribution in [0.1, 0.15) is 22.3 Å². The zero-order valence-corrected chi connectivity index (χ0v) is 26.1. The highest BCUT2D eigenvalue weighted by molar-refractivity contribution is 7.80. The highest BCUT2D eigenvalue weighted by atomic mass is 32.1. The fourth-order valence-electron chi connectivity index (χ4n) is 5.18. The van der Waals surface area contributed by atoms with Gasteiger partial charge in [0.25, 0.3) is 0 Å². The Hall–Kier alpha value is -4.00. The number of ether oxygens (including phenoxy) is 5. The average Bonchev–Trinajstić information content (AvgIpc) is 3.09. The Morgan fingerprint density at radius 2 is 1.17 bits per heavy atom. The van der Waals surface area contributed by atoms with Crippen molar-refractivity contribution < 1.29 is 33.6 Å². The third kappa shape index (κ3) is 9.27. The van der Waals surface area contributed by atoms with Gasteiger partial charge in [-0.05, 0) is 34.5 Å². The van der Waals surface area contributed by atoms with Crippen molar-refractivity contribution in [1.82, 2.24) is 10.6 Å². The molecule has 1 heterocycles. The molecule has 0 aromatic heterocycles. The lowest BCUT2D eigenvalue weighted by Crippen LogP contribution is -2.75. The van der Waals surface area contributed by atoms with Gasteiger partial charge in [-0.15, -0.1) is 0 Å². The molecule has 1 saturated heterocycles. The van der Waals surface area contributed by atoms with Gasteiger partial charge in [0.1, 0.15) is 18.3 Å². The predicted octanol–water partition coefficient (Wildman–Crippen LogP) is 4.62. The Bertz CT molecular complexity index is 1480. The summed E-state index contributed by atoms with van der Waals surface area (Å²) < 4.78 is 31.9. The maximum Gasteiger partial charge on any atom is 0.219 e. The monoisotopic (exact) mass is 642 g/mol. The van der Waals surface area contributed by atoms with Crippen molar-refractivity contribution in [3.8, 4) is 0 Å². The van der Waals surface area contributed by atoms with E-state index in [2.05, 4.69) is 10.6 Å². The van der Waals surface area contributed by atoms with Gasteiger partial charge in [0, 0.05) is 0 Å². The molecule has 0 radical (unpaired) electrons. The van der Waals surface area contributed by atoms with Gasteiger partial charge in [0.15, 0.2) is 5.11 Å². The third-order valence-electron chi connectivity index (χ3n) is 7.46. The predicted molar refractivity (Wildman–Crippen MR) is 176 cm³/mol. The quantitative estimate of drug-likeness (QED) is 0.0973. The first kappa shape index (κ1) is 33.4. The van der Waals surface area contributed by atoms with Gasteiger partial charge in [-0.3, -0.25) is 4.79 Å². The summed E-state index contributed by atoms with van der Waals surface area (Å²) in [6, 6.07) is 38.6. The van der Waals surface area contributed by atoms with E-state index in [-0.39, 0.29) is 31.5 Å². The first-order valence-corrected chi connectivity index (χ1v) is 15.4. The Morgan fingerprint density at radius 3 is 1.67 bits per heavy atom. The van der Waals surface area contributed by atoms with E-state index in [4.69, 9.17) is 35.9 Å². The lowest BCUT2D eigenvalue weighted by molar-refractivity contribution is -0.363. The van der Waals surface area contributed by atoms with Crippen LogP contribution in [0.3, 0.4) is 0 Å². The second-order valence-electron chi connectivity index (χ2n) is 10.8. The molecule has 5 atom stereocenters. The first-order chi connectivity index (χ1) is 22.5. The standard InChI is InChI=1S/C36H38N2O7S/c39-26-37-35(46)38-36(40)33(43-23-29-17-9-3-10-18-29)32(42-22-28-15-7-2-8-16-28)31(25-41-21-27-13-5-1-6-14-27)45-34(36)44-24-30-19-11-4-12-20-30/h1-20,26,31-34,40H,21-25H2,(H2,37,38,39,46)/t31-,32-,33+,34-,36-/m1/s1. The van der Waals surface area contributed by atoms with Crippen molar-refractivity contribution >= 4 is 23.7 Å². The summed E-state index contributed by atoms with van der Waals surface area (Å²) in [5.74, 6) is 0. The van der Waals surface area contributed by atoms with Crippen LogP contribution in [0.5, 0.6) is 0 Å². The second-order valence-corrected chi connectivity index (χ2v) is 11.2. The van der Waals surface area contributed by atoms with Crippen molar-refractivity contribution in [1.29, 1.82) is 0 Å². The number of hydrogen-bond acceptors (Lipinski definition) is 8. The zero-order chi connectivity index (χ0) is 32.0. The number of carbonyl (C=O) groups is 1. The molecule has 1 fully saturated rings. The highest BCUT2D eigenvalue weighted by Gasteiger charge is 2.58. The molecule has 3 N–H and O–H groups in total. The third-order valence-corrected chi connectivity index (χ3v) is 7.68. The molecular weight excluding hydrogens is 604 g/mol. The van der Waals surface area contributed by atoms with E-state index in [1.807, 2.05) is 121 Å². The Kier molecular flexibility index (Phi) is 12.4. The summed E-state index contributed by atoms with van der Waals surface area (Å²) in [7, 11) is 0. The molecule has 240 valence electrons. The number of nitrogens with one attached hydrogen (secondary N) is 2. The minimum atomic E-state index is -2.10. The number of carbonyl (C=O) groups excluding carboxylic acids is 1. The van der Waals surface area contributed by atoms with E-state index in [1.165, 1.54) is 0 Å². The van der Waals surface area contributed by atoms with Crippen LogP contribution in [0.4, 0.5) is 0 Å².